The summed E-state index contributed by atoms with van der Waals surface area (Å²) >= 11 is 0. The monoisotopic (exact) mass is 582 g/mol. The molecule has 42 heavy (non-hydrogen) atoms. The topological polar surface area (TPSA) is 18.5 Å². The summed E-state index contributed by atoms with van der Waals surface area (Å²) in [5, 5.41) is 0. The molecule has 0 amide bonds. The molecule has 0 bridgehead atoms. The number of alkyl halides is 1. The molecule has 0 aromatic heterocycles. The van der Waals surface area contributed by atoms with Crippen molar-refractivity contribution in [3.05, 3.63) is 72.3 Å². The lowest BCUT2D eigenvalue weighted by molar-refractivity contribution is 0.184. The van der Waals surface area contributed by atoms with Gasteiger partial charge in [-0.1, -0.05) is 127 Å². The highest BCUT2D eigenvalue weighted by molar-refractivity contribution is 5.71. The quantitative estimate of drug-likeness (QED) is 0.116. The highest BCUT2D eigenvalue weighted by Gasteiger charge is 2.16. The Hall–Kier alpha value is -2.95. The summed E-state index contributed by atoms with van der Waals surface area (Å²) in [5.41, 5.74) is 2.68. The summed E-state index contributed by atoms with van der Waals surface area (Å²) in [5.74, 6) is -1.25. The van der Waals surface area contributed by atoms with Crippen molar-refractivity contribution in [1.82, 2.24) is 0 Å². The molecular formula is C37H49F3O2. The molecule has 0 saturated heterocycles. The minimum absolute atomic E-state index is 0.0360. The van der Waals surface area contributed by atoms with Crippen LogP contribution in [0.1, 0.15) is 104 Å². The Morgan fingerprint density at radius 3 is 1.69 bits per heavy atom. The molecule has 230 valence electrons. The third-order valence-electron chi connectivity index (χ3n) is 7.74. The van der Waals surface area contributed by atoms with E-state index in [4.69, 9.17) is 9.47 Å². The number of unbranched alkanes of at least 4 members (excludes halogenated alkanes) is 11. The lowest BCUT2D eigenvalue weighted by Crippen LogP contribution is -2.12. The molecule has 0 N–H and O–H groups in total. The number of hydrogen-bond donors (Lipinski definition) is 0. The van der Waals surface area contributed by atoms with Crippen LogP contribution in [0.5, 0.6) is 11.5 Å². The third-order valence-corrected chi connectivity index (χ3v) is 7.74. The van der Waals surface area contributed by atoms with Crippen LogP contribution in [-0.4, -0.2) is 19.4 Å². The van der Waals surface area contributed by atoms with Gasteiger partial charge in [-0.2, -0.15) is 4.39 Å². The van der Waals surface area contributed by atoms with Crippen molar-refractivity contribution in [2.45, 2.75) is 110 Å². The summed E-state index contributed by atoms with van der Waals surface area (Å²) in [6.45, 7) is 4.78. The molecule has 0 aliphatic rings. The van der Waals surface area contributed by atoms with E-state index in [1.165, 1.54) is 51.0 Å². The minimum atomic E-state index is -0.959. The standard InChI is InChI=1S/C37H49F3O2/c1-3-5-7-8-9-10-11-12-13-15-27-41-35-26-25-34(36(39)37(35)40)31-19-17-29(18-20-31)30-21-23-33(24-22-30)42-28-32(38)16-14-6-4-2/h17-26,32H,3-16,27-28H2,1-2H3/t32-/m1/s1. The van der Waals surface area contributed by atoms with E-state index in [0.717, 1.165) is 49.7 Å². The second kappa shape index (κ2) is 19.3. The van der Waals surface area contributed by atoms with Crippen LogP contribution in [0.3, 0.4) is 0 Å². The molecule has 0 unspecified atom stereocenters. The predicted molar refractivity (Wildman–Crippen MR) is 169 cm³/mol. The van der Waals surface area contributed by atoms with Crippen molar-refractivity contribution >= 4 is 0 Å². The zero-order chi connectivity index (χ0) is 30.0. The molecule has 0 spiro atoms. The fourth-order valence-corrected chi connectivity index (χ4v) is 5.11. The van der Waals surface area contributed by atoms with Gasteiger partial charge in [0.1, 0.15) is 18.5 Å². The second-order valence-corrected chi connectivity index (χ2v) is 11.3. The number of ether oxygens (including phenoxy) is 2. The van der Waals surface area contributed by atoms with Gasteiger partial charge in [-0.25, -0.2) is 8.78 Å². The van der Waals surface area contributed by atoms with Gasteiger partial charge in [-0.3, -0.25) is 0 Å². The summed E-state index contributed by atoms with van der Waals surface area (Å²) in [7, 11) is 0. The van der Waals surface area contributed by atoms with Crippen LogP contribution in [0.4, 0.5) is 13.2 Å². The first-order valence-corrected chi connectivity index (χ1v) is 16.1. The summed E-state index contributed by atoms with van der Waals surface area (Å²) in [4.78, 5) is 0. The Labute approximate surface area is 251 Å². The minimum Gasteiger partial charge on any atom is -0.491 e. The predicted octanol–water partition coefficient (Wildman–Crippen LogP) is 11.9. The first kappa shape index (κ1) is 33.6. The molecule has 0 heterocycles. The maximum atomic E-state index is 15.0. The highest BCUT2D eigenvalue weighted by atomic mass is 19.2. The SMILES string of the molecule is CCCCCCCCCCCCOc1ccc(-c2ccc(-c3ccc(OC[C@H](F)CCCCC)cc3)cc2)c(F)c1F. The third kappa shape index (κ3) is 11.4. The molecule has 0 aliphatic carbocycles. The van der Waals surface area contributed by atoms with Gasteiger partial charge in [-0.15, -0.1) is 0 Å². The smallest absolute Gasteiger partial charge is 0.201 e. The maximum absolute atomic E-state index is 15.0. The first-order valence-electron chi connectivity index (χ1n) is 16.1. The van der Waals surface area contributed by atoms with Crippen LogP contribution in [-0.2, 0) is 0 Å². The van der Waals surface area contributed by atoms with Gasteiger partial charge in [0.25, 0.3) is 0 Å². The maximum Gasteiger partial charge on any atom is 0.201 e. The van der Waals surface area contributed by atoms with Gasteiger partial charge < -0.3 is 9.47 Å². The van der Waals surface area contributed by atoms with Gasteiger partial charge in [0.2, 0.25) is 5.82 Å². The molecule has 0 radical (unpaired) electrons. The highest BCUT2D eigenvalue weighted by Crippen LogP contribution is 2.32. The molecule has 0 saturated carbocycles. The molecule has 2 nitrogen and oxygen atoms in total. The summed E-state index contributed by atoms with van der Waals surface area (Å²) in [6, 6.07) is 17.9. The largest absolute Gasteiger partial charge is 0.491 e. The number of rotatable bonds is 21. The van der Waals surface area contributed by atoms with Crippen LogP contribution in [0.2, 0.25) is 0 Å². The lowest BCUT2D eigenvalue weighted by Gasteiger charge is -2.12. The average molecular weight is 583 g/mol. The van der Waals surface area contributed by atoms with Gasteiger partial charge in [0, 0.05) is 5.56 Å². The van der Waals surface area contributed by atoms with Crippen LogP contribution in [0.15, 0.2) is 60.7 Å². The van der Waals surface area contributed by atoms with Crippen LogP contribution >= 0.6 is 0 Å². The molecule has 0 fully saturated rings. The van der Waals surface area contributed by atoms with E-state index in [-0.39, 0.29) is 17.9 Å². The molecule has 3 aromatic rings. The second-order valence-electron chi connectivity index (χ2n) is 11.3. The van der Waals surface area contributed by atoms with E-state index in [2.05, 4.69) is 13.8 Å². The van der Waals surface area contributed by atoms with Gasteiger partial charge in [0.15, 0.2) is 11.6 Å². The normalized spacial score (nSPS) is 11.9. The van der Waals surface area contributed by atoms with Crippen molar-refractivity contribution in [2.24, 2.45) is 0 Å². The van der Waals surface area contributed by atoms with E-state index in [1.54, 1.807) is 18.2 Å². The first-order chi connectivity index (χ1) is 20.5. The lowest BCUT2D eigenvalue weighted by atomic mass is 9.99. The van der Waals surface area contributed by atoms with Crippen LogP contribution < -0.4 is 9.47 Å². The zero-order valence-electron chi connectivity index (χ0n) is 25.6. The number of halogens is 3. The molecule has 3 rings (SSSR count). The molecule has 5 heteroatoms. The van der Waals surface area contributed by atoms with Crippen LogP contribution in [0, 0.1) is 11.6 Å². The van der Waals surface area contributed by atoms with Crippen molar-refractivity contribution in [2.75, 3.05) is 13.2 Å². The van der Waals surface area contributed by atoms with Gasteiger partial charge >= 0.3 is 0 Å². The molecule has 0 aliphatic heterocycles. The van der Waals surface area contributed by atoms with Gasteiger partial charge in [-0.05, 0) is 53.8 Å². The Bertz CT molecular complexity index is 1140. The fraction of sp³-hybridized carbons (Fsp3) is 0.514. The van der Waals surface area contributed by atoms with E-state index in [0.29, 0.717) is 24.3 Å². The van der Waals surface area contributed by atoms with Crippen molar-refractivity contribution in [3.8, 4) is 33.8 Å². The summed E-state index contributed by atoms with van der Waals surface area (Å²) in [6.07, 6.45) is 14.7. The Morgan fingerprint density at radius 2 is 1.07 bits per heavy atom. The number of benzene rings is 3. The van der Waals surface area contributed by atoms with Crippen molar-refractivity contribution in [3.63, 3.8) is 0 Å². The Kier molecular flexibility index (Phi) is 15.4. The van der Waals surface area contributed by atoms with Crippen LogP contribution in [0.25, 0.3) is 22.3 Å². The molecule has 3 aromatic carbocycles. The molecule has 1 atom stereocenters. The van der Waals surface area contributed by atoms with Gasteiger partial charge in [0.05, 0.1) is 6.61 Å². The van der Waals surface area contributed by atoms with Crippen molar-refractivity contribution in [1.29, 1.82) is 0 Å². The Morgan fingerprint density at radius 1 is 0.548 bits per heavy atom. The summed E-state index contributed by atoms with van der Waals surface area (Å²) < 4.78 is 54.9. The molecular weight excluding hydrogens is 533 g/mol. The fourth-order valence-electron chi connectivity index (χ4n) is 5.11. The number of hydrogen-bond acceptors (Lipinski definition) is 2. The van der Waals surface area contributed by atoms with Crippen molar-refractivity contribution < 1.29 is 22.6 Å². The zero-order valence-corrected chi connectivity index (χ0v) is 25.6. The average Bonchev–Trinajstić information content (AvgIpc) is 3.01. The van der Waals surface area contributed by atoms with E-state index >= 15 is 0 Å². The van der Waals surface area contributed by atoms with E-state index in [9.17, 15) is 13.2 Å². The van der Waals surface area contributed by atoms with E-state index in [1.807, 2.05) is 36.4 Å². The Balaban J connectivity index is 1.45. The van der Waals surface area contributed by atoms with E-state index < -0.39 is 17.8 Å².